The van der Waals surface area contributed by atoms with Gasteiger partial charge in [0.05, 0.1) is 0 Å². The van der Waals surface area contributed by atoms with Crippen LogP contribution in [0.15, 0.2) is 0 Å². The van der Waals surface area contributed by atoms with E-state index in [1.807, 2.05) is 7.05 Å². The van der Waals surface area contributed by atoms with Gasteiger partial charge < -0.3 is 20.4 Å². The lowest BCUT2D eigenvalue weighted by atomic mass is 10.2. The number of hydrogen-bond donors (Lipinski definition) is 1. The lowest BCUT2D eigenvalue weighted by Crippen LogP contribution is -2.49. The molecule has 0 aliphatic carbocycles. The fraction of sp³-hybridized carbons (Fsp3) is 0.846. The Balaban J connectivity index is 1.82. The number of likely N-dealkylation sites (tertiary alicyclic amines) is 2. The Labute approximate surface area is 114 Å². The molecule has 2 rings (SSSR count). The van der Waals surface area contributed by atoms with E-state index in [4.69, 9.17) is 5.73 Å². The molecule has 2 heterocycles. The van der Waals surface area contributed by atoms with E-state index < -0.39 is 6.03 Å². The van der Waals surface area contributed by atoms with Gasteiger partial charge in [0.1, 0.15) is 6.04 Å². The molecule has 1 atom stereocenters. The van der Waals surface area contributed by atoms with Crippen molar-refractivity contribution in [2.75, 3.05) is 39.8 Å². The summed E-state index contributed by atoms with van der Waals surface area (Å²) in [5.41, 5.74) is 5.31. The summed E-state index contributed by atoms with van der Waals surface area (Å²) in [5.74, 6) is 0.0236. The van der Waals surface area contributed by atoms with Crippen LogP contribution in [0.5, 0.6) is 0 Å². The van der Waals surface area contributed by atoms with Crippen LogP contribution in [0.2, 0.25) is 0 Å². The van der Waals surface area contributed by atoms with Crippen molar-refractivity contribution in [2.45, 2.75) is 31.7 Å². The summed E-state index contributed by atoms with van der Waals surface area (Å²) < 4.78 is 0. The molecule has 0 unspecified atom stereocenters. The molecule has 0 aromatic carbocycles. The number of nitrogens with zero attached hydrogens (tertiary/aromatic N) is 3. The quantitative estimate of drug-likeness (QED) is 0.785. The van der Waals surface area contributed by atoms with E-state index >= 15 is 0 Å². The fourth-order valence-electron chi connectivity index (χ4n) is 2.95. The number of likely N-dealkylation sites (N-methyl/N-ethyl adjacent to an activating group) is 1. The van der Waals surface area contributed by atoms with Crippen molar-refractivity contribution in [1.29, 1.82) is 0 Å². The summed E-state index contributed by atoms with van der Waals surface area (Å²) in [5, 5.41) is 0. The normalized spacial score (nSPS) is 23.8. The molecule has 19 heavy (non-hydrogen) atoms. The molecule has 0 aromatic rings. The number of hydrogen-bond acceptors (Lipinski definition) is 3. The zero-order valence-corrected chi connectivity index (χ0v) is 11.7. The molecule has 6 heteroatoms. The molecular weight excluding hydrogens is 244 g/mol. The van der Waals surface area contributed by atoms with Crippen molar-refractivity contribution in [3.8, 4) is 0 Å². The second kappa shape index (κ2) is 6.23. The number of carbonyl (C=O) groups excluding carboxylic acids is 2. The number of rotatable bonds is 4. The molecule has 2 aliphatic rings. The van der Waals surface area contributed by atoms with E-state index in [-0.39, 0.29) is 11.9 Å². The van der Waals surface area contributed by atoms with E-state index in [0.717, 1.165) is 39.0 Å². The molecule has 6 nitrogen and oxygen atoms in total. The van der Waals surface area contributed by atoms with Crippen molar-refractivity contribution in [3.05, 3.63) is 0 Å². The summed E-state index contributed by atoms with van der Waals surface area (Å²) >= 11 is 0. The van der Waals surface area contributed by atoms with Crippen LogP contribution in [0.25, 0.3) is 0 Å². The first kappa shape index (κ1) is 14.1. The number of nitrogens with two attached hydrogens (primary N) is 1. The first-order valence-electron chi connectivity index (χ1n) is 7.13. The molecule has 2 aliphatic heterocycles. The second-order valence-electron chi connectivity index (χ2n) is 5.50. The number of urea groups is 1. The maximum atomic E-state index is 12.3. The van der Waals surface area contributed by atoms with Gasteiger partial charge in [-0.1, -0.05) is 0 Å². The summed E-state index contributed by atoms with van der Waals surface area (Å²) in [6.45, 7) is 4.52. The zero-order valence-electron chi connectivity index (χ0n) is 11.7. The second-order valence-corrected chi connectivity index (χ2v) is 5.50. The Morgan fingerprint density at radius 2 is 1.89 bits per heavy atom. The first-order valence-corrected chi connectivity index (χ1v) is 7.13. The number of carbonyl (C=O) groups is 2. The standard InChI is InChI=1S/C13H24N4O2/c1-15(9-10-16-6-2-3-7-16)12(18)11-5-4-8-17(11)13(14)19/h11H,2-10H2,1H3,(H2,14,19)/t11-/m0/s1. The molecule has 108 valence electrons. The molecule has 2 fully saturated rings. The summed E-state index contributed by atoms with van der Waals surface area (Å²) in [6, 6.07) is -0.829. The smallest absolute Gasteiger partial charge is 0.315 e. The Morgan fingerprint density at radius 1 is 1.21 bits per heavy atom. The summed E-state index contributed by atoms with van der Waals surface area (Å²) in [6.07, 6.45) is 4.11. The third-order valence-corrected chi connectivity index (χ3v) is 4.15. The van der Waals surface area contributed by atoms with Gasteiger partial charge in [0, 0.05) is 26.7 Å². The Morgan fingerprint density at radius 3 is 2.53 bits per heavy atom. The van der Waals surface area contributed by atoms with Crippen LogP contribution < -0.4 is 5.73 Å². The van der Waals surface area contributed by atoms with Gasteiger partial charge in [-0.05, 0) is 38.8 Å². The SMILES string of the molecule is CN(CCN1CCCC1)C(=O)[C@@H]1CCCN1C(N)=O. The van der Waals surface area contributed by atoms with Gasteiger partial charge in [-0.15, -0.1) is 0 Å². The zero-order chi connectivity index (χ0) is 13.8. The minimum Gasteiger partial charge on any atom is -0.351 e. The van der Waals surface area contributed by atoms with Crippen LogP contribution in [-0.4, -0.2) is 72.5 Å². The molecule has 0 radical (unpaired) electrons. The largest absolute Gasteiger partial charge is 0.351 e. The topological polar surface area (TPSA) is 69.9 Å². The van der Waals surface area contributed by atoms with Crippen molar-refractivity contribution >= 4 is 11.9 Å². The van der Waals surface area contributed by atoms with Gasteiger partial charge in [-0.3, -0.25) is 4.79 Å². The van der Waals surface area contributed by atoms with Crippen molar-refractivity contribution < 1.29 is 9.59 Å². The lowest BCUT2D eigenvalue weighted by molar-refractivity contribution is -0.133. The first-order chi connectivity index (χ1) is 9.09. The van der Waals surface area contributed by atoms with Crippen LogP contribution in [0, 0.1) is 0 Å². The Bertz CT molecular complexity index is 342. The van der Waals surface area contributed by atoms with Gasteiger partial charge >= 0.3 is 6.03 Å². The van der Waals surface area contributed by atoms with Crippen molar-refractivity contribution in [1.82, 2.24) is 14.7 Å². The lowest BCUT2D eigenvalue weighted by Gasteiger charge is -2.28. The van der Waals surface area contributed by atoms with Gasteiger partial charge in [0.15, 0.2) is 0 Å². The Hall–Kier alpha value is -1.30. The minimum absolute atomic E-state index is 0.0236. The molecule has 2 N–H and O–H groups in total. The predicted octanol–water partition coefficient (Wildman–Crippen LogP) is 0.0837. The van der Waals surface area contributed by atoms with E-state index in [1.54, 1.807) is 4.90 Å². The average Bonchev–Trinajstić information content (AvgIpc) is 3.05. The average molecular weight is 268 g/mol. The number of primary amides is 1. The molecular formula is C13H24N4O2. The molecule has 2 saturated heterocycles. The maximum Gasteiger partial charge on any atom is 0.315 e. The highest BCUT2D eigenvalue weighted by atomic mass is 16.2. The van der Waals surface area contributed by atoms with E-state index in [0.29, 0.717) is 6.54 Å². The van der Waals surface area contributed by atoms with Gasteiger partial charge in [0.2, 0.25) is 5.91 Å². The predicted molar refractivity (Wildman–Crippen MR) is 72.6 cm³/mol. The maximum absolute atomic E-state index is 12.3. The Kier molecular flexibility index (Phi) is 4.63. The van der Waals surface area contributed by atoms with Gasteiger partial charge in [-0.2, -0.15) is 0 Å². The highest BCUT2D eigenvalue weighted by Gasteiger charge is 2.34. The van der Waals surface area contributed by atoms with Crippen molar-refractivity contribution in [2.24, 2.45) is 5.73 Å². The minimum atomic E-state index is -0.483. The molecule has 0 bridgehead atoms. The highest BCUT2D eigenvalue weighted by Crippen LogP contribution is 2.18. The summed E-state index contributed by atoms with van der Waals surface area (Å²) in [4.78, 5) is 29.2. The molecule has 0 saturated carbocycles. The van der Waals surface area contributed by atoms with E-state index in [2.05, 4.69) is 4.90 Å². The monoisotopic (exact) mass is 268 g/mol. The third-order valence-electron chi connectivity index (χ3n) is 4.15. The van der Waals surface area contributed by atoms with Crippen LogP contribution in [0.3, 0.4) is 0 Å². The van der Waals surface area contributed by atoms with Crippen LogP contribution >= 0.6 is 0 Å². The van der Waals surface area contributed by atoms with Crippen LogP contribution in [0.1, 0.15) is 25.7 Å². The van der Waals surface area contributed by atoms with E-state index in [1.165, 1.54) is 17.7 Å². The summed E-state index contributed by atoms with van der Waals surface area (Å²) in [7, 11) is 1.82. The number of amides is 3. The van der Waals surface area contributed by atoms with E-state index in [9.17, 15) is 9.59 Å². The molecule has 3 amide bonds. The fourth-order valence-corrected chi connectivity index (χ4v) is 2.95. The third kappa shape index (κ3) is 3.37. The van der Waals surface area contributed by atoms with Crippen LogP contribution in [-0.2, 0) is 4.79 Å². The van der Waals surface area contributed by atoms with Gasteiger partial charge in [0.25, 0.3) is 0 Å². The van der Waals surface area contributed by atoms with Crippen LogP contribution in [0.4, 0.5) is 4.79 Å². The molecule has 0 aromatic heterocycles. The highest BCUT2D eigenvalue weighted by molar-refractivity contribution is 5.87. The van der Waals surface area contributed by atoms with Crippen molar-refractivity contribution in [3.63, 3.8) is 0 Å². The molecule has 0 spiro atoms. The van der Waals surface area contributed by atoms with Gasteiger partial charge in [-0.25, -0.2) is 4.79 Å².